The molecule has 0 aliphatic heterocycles. The van der Waals surface area contributed by atoms with Crippen LogP contribution >= 0.6 is 0 Å². The Hall–Kier alpha value is -1.46. The molecule has 1 aliphatic rings. The largest absolute Gasteiger partial charge is 0.488 e. The fraction of sp³-hybridized carbons (Fsp3) is 0.583. The zero-order valence-corrected chi connectivity index (χ0v) is 10.1. The molecule has 0 aromatic carbocycles. The van der Waals surface area contributed by atoms with Crippen LogP contribution in [0.5, 0.6) is 11.6 Å². The number of hydrogen-bond acceptors (Lipinski definition) is 3. The fourth-order valence-electron chi connectivity index (χ4n) is 1.41. The maximum absolute atomic E-state index is 12.9. The highest BCUT2D eigenvalue weighted by Gasteiger charge is 2.37. The Morgan fingerprint density at radius 3 is 2.50 bits per heavy atom. The minimum Gasteiger partial charge on any atom is -0.488 e. The fourth-order valence-corrected chi connectivity index (χ4v) is 1.41. The molecule has 0 saturated heterocycles. The van der Waals surface area contributed by atoms with E-state index < -0.39 is 11.7 Å². The molecule has 0 atom stereocenters. The van der Waals surface area contributed by atoms with Crippen LogP contribution in [0, 0.1) is 0 Å². The summed E-state index contributed by atoms with van der Waals surface area (Å²) in [6.45, 7) is 3.45. The van der Waals surface area contributed by atoms with Gasteiger partial charge in [-0.1, -0.05) is 0 Å². The summed E-state index contributed by atoms with van der Waals surface area (Å²) >= 11 is 0. The van der Waals surface area contributed by atoms with E-state index in [0.29, 0.717) is 0 Å². The average molecular weight is 261 g/mol. The maximum atomic E-state index is 12.9. The van der Waals surface area contributed by atoms with Gasteiger partial charge in [0.2, 0.25) is 5.88 Å². The molecule has 1 heterocycles. The molecule has 1 saturated carbocycles. The number of ether oxygens (including phenoxy) is 2. The Labute approximate surface area is 103 Å². The molecule has 0 N–H and O–H groups in total. The monoisotopic (exact) mass is 261 g/mol. The number of hydrogen-bond donors (Lipinski definition) is 0. The van der Waals surface area contributed by atoms with Crippen LogP contribution in [0.4, 0.5) is 13.2 Å². The maximum Gasteiger partial charge on any atom is 0.420 e. The summed E-state index contributed by atoms with van der Waals surface area (Å²) in [4.78, 5) is 3.83. The van der Waals surface area contributed by atoms with E-state index in [1.54, 1.807) is 13.8 Å². The van der Waals surface area contributed by atoms with Crippen LogP contribution < -0.4 is 9.47 Å². The molecule has 3 nitrogen and oxygen atoms in total. The van der Waals surface area contributed by atoms with E-state index in [1.807, 2.05) is 0 Å². The van der Waals surface area contributed by atoms with E-state index in [4.69, 9.17) is 9.47 Å². The van der Waals surface area contributed by atoms with Crippen LogP contribution in [0.1, 0.15) is 32.3 Å². The number of pyridine rings is 1. The summed E-state index contributed by atoms with van der Waals surface area (Å²) < 4.78 is 49.0. The van der Waals surface area contributed by atoms with E-state index >= 15 is 0 Å². The van der Waals surface area contributed by atoms with Gasteiger partial charge in [0.05, 0.1) is 18.4 Å². The summed E-state index contributed by atoms with van der Waals surface area (Å²) in [5.41, 5.74) is -0.833. The zero-order chi connectivity index (χ0) is 13.3. The Kier molecular flexibility index (Phi) is 3.36. The van der Waals surface area contributed by atoms with Crippen molar-refractivity contribution in [3.63, 3.8) is 0 Å². The topological polar surface area (TPSA) is 31.4 Å². The van der Waals surface area contributed by atoms with Crippen molar-refractivity contribution in [3.8, 4) is 11.6 Å². The molecule has 1 fully saturated rings. The summed E-state index contributed by atoms with van der Waals surface area (Å²) in [5, 5.41) is 0. The molecule has 100 valence electrons. The van der Waals surface area contributed by atoms with Crippen molar-refractivity contribution in [3.05, 3.63) is 17.8 Å². The van der Waals surface area contributed by atoms with Crippen molar-refractivity contribution in [1.29, 1.82) is 0 Å². The SMILES string of the molecule is CC(C)Oc1cc(C(F)(F)F)c(OC2CC2)cn1. The molecular formula is C12H14F3NO2. The van der Waals surface area contributed by atoms with Gasteiger partial charge in [0, 0.05) is 6.07 Å². The van der Waals surface area contributed by atoms with Gasteiger partial charge in [-0.2, -0.15) is 13.2 Å². The minimum atomic E-state index is -4.47. The second-order valence-electron chi connectivity index (χ2n) is 4.50. The van der Waals surface area contributed by atoms with Gasteiger partial charge < -0.3 is 9.47 Å². The van der Waals surface area contributed by atoms with Crippen LogP contribution in [-0.2, 0) is 6.18 Å². The van der Waals surface area contributed by atoms with E-state index in [1.165, 1.54) is 0 Å². The van der Waals surface area contributed by atoms with E-state index in [2.05, 4.69) is 4.98 Å². The molecule has 0 amide bonds. The third-order valence-corrected chi connectivity index (χ3v) is 2.32. The molecule has 0 spiro atoms. The molecule has 0 radical (unpaired) electrons. The lowest BCUT2D eigenvalue weighted by Crippen LogP contribution is -2.13. The van der Waals surface area contributed by atoms with E-state index in [-0.39, 0.29) is 23.8 Å². The summed E-state index contributed by atoms with van der Waals surface area (Å²) in [6, 6.07) is 0.887. The average Bonchev–Trinajstić information content (AvgIpc) is 3.02. The normalized spacial score (nSPS) is 15.9. The van der Waals surface area contributed by atoms with Crippen molar-refractivity contribution in [2.45, 2.75) is 45.1 Å². The third kappa shape index (κ3) is 3.27. The number of alkyl halides is 3. The number of rotatable bonds is 4. The first kappa shape index (κ1) is 13.0. The lowest BCUT2D eigenvalue weighted by molar-refractivity contribution is -0.139. The van der Waals surface area contributed by atoms with Crippen molar-refractivity contribution in [2.24, 2.45) is 0 Å². The first-order chi connectivity index (χ1) is 8.36. The first-order valence-corrected chi connectivity index (χ1v) is 5.77. The summed E-state index contributed by atoms with van der Waals surface area (Å²) in [5.74, 6) is -0.262. The van der Waals surface area contributed by atoms with Gasteiger partial charge in [0.25, 0.3) is 0 Å². The quantitative estimate of drug-likeness (QED) is 0.832. The highest BCUT2D eigenvalue weighted by molar-refractivity contribution is 5.37. The van der Waals surface area contributed by atoms with Crippen LogP contribution in [-0.4, -0.2) is 17.2 Å². The van der Waals surface area contributed by atoms with Crippen molar-refractivity contribution in [2.75, 3.05) is 0 Å². The third-order valence-electron chi connectivity index (χ3n) is 2.32. The highest BCUT2D eigenvalue weighted by Crippen LogP contribution is 2.39. The molecule has 18 heavy (non-hydrogen) atoms. The second-order valence-corrected chi connectivity index (χ2v) is 4.50. The van der Waals surface area contributed by atoms with Gasteiger partial charge in [-0.3, -0.25) is 0 Å². The lowest BCUT2D eigenvalue weighted by Gasteiger charge is -2.15. The molecule has 6 heteroatoms. The smallest absolute Gasteiger partial charge is 0.420 e. The van der Waals surface area contributed by atoms with Crippen LogP contribution in [0.2, 0.25) is 0 Å². The van der Waals surface area contributed by atoms with Gasteiger partial charge in [-0.15, -0.1) is 0 Å². The lowest BCUT2D eigenvalue weighted by atomic mass is 10.2. The van der Waals surface area contributed by atoms with Gasteiger partial charge in [-0.05, 0) is 26.7 Å². The number of halogens is 3. The van der Waals surface area contributed by atoms with E-state index in [9.17, 15) is 13.2 Å². The van der Waals surface area contributed by atoms with Gasteiger partial charge in [0.15, 0.2) is 5.75 Å². The molecule has 1 aromatic heterocycles. The van der Waals surface area contributed by atoms with Gasteiger partial charge in [0.1, 0.15) is 5.56 Å². The van der Waals surface area contributed by atoms with Crippen LogP contribution in [0.25, 0.3) is 0 Å². The zero-order valence-electron chi connectivity index (χ0n) is 10.1. The van der Waals surface area contributed by atoms with Crippen molar-refractivity contribution in [1.82, 2.24) is 4.98 Å². The number of aromatic nitrogens is 1. The Morgan fingerprint density at radius 2 is 2.00 bits per heavy atom. The molecule has 1 aliphatic carbocycles. The Morgan fingerprint density at radius 1 is 1.33 bits per heavy atom. The van der Waals surface area contributed by atoms with Crippen LogP contribution in [0.15, 0.2) is 12.3 Å². The molecule has 0 unspecified atom stereocenters. The van der Waals surface area contributed by atoms with E-state index in [0.717, 1.165) is 25.1 Å². The Balaban J connectivity index is 2.28. The predicted octanol–water partition coefficient (Wildman–Crippen LogP) is 3.43. The van der Waals surface area contributed by atoms with Crippen molar-refractivity contribution >= 4 is 0 Å². The Bertz CT molecular complexity index is 428. The first-order valence-electron chi connectivity index (χ1n) is 5.77. The van der Waals surface area contributed by atoms with Crippen LogP contribution in [0.3, 0.4) is 0 Å². The molecule has 1 aromatic rings. The summed E-state index contributed by atoms with van der Waals surface area (Å²) in [7, 11) is 0. The second kappa shape index (κ2) is 4.66. The van der Waals surface area contributed by atoms with Gasteiger partial charge >= 0.3 is 6.18 Å². The number of nitrogens with zero attached hydrogens (tertiary/aromatic N) is 1. The summed E-state index contributed by atoms with van der Waals surface area (Å²) in [6.07, 6.45) is -2.14. The predicted molar refractivity (Wildman–Crippen MR) is 58.7 cm³/mol. The minimum absolute atomic E-state index is 0.0412. The standard InChI is InChI=1S/C12H14F3NO2/c1-7(2)17-11-5-9(12(13,14)15)10(6-16-11)18-8-3-4-8/h5-8H,3-4H2,1-2H3. The highest BCUT2D eigenvalue weighted by atomic mass is 19.4. The molecule has 0 bridgehead atoms. The van der Waals surface area contributed by atoms with Crippen molar-refractivity contribution < 1.29 is 22.6 Å². The molecule has 2 rings (SSSR count). The van der Waals surface area contributed by atoms with Gasteiger partial charge in [-0.25, -0.2) is 4.98 Å². The molecular weight excluding hydrogens is 247 g/mol.